The summed E-state index contributed by atoms with van der Waals surface area (Å²) in [5.74, 6) is 1.34. The maximum atomic E-state index is 6.35. The van der Waals surface area contributed by atoms with Crippen LogP contribution in [0.25, 0.3) is 27.6 Å². The van der Waals surface area contributed by atoms with Crippen molar-refractivity contribution in [1.29, 1.82) is 0 Å². The predicted molar refractivity (Wildman–Crippen MR) is 115 cm³/mol. The van der Waals surface area contributed by atoms with Gasteiger partial charge in [0.05, 0.1) is 24.9 Å². The van der Waals surface area contributed by atoms with Gasteiger partial charge in [0.15, 0.2) is 11.5 Å². The Kier molecular flexibility index (Phi) is 5.12. The molecule has 0 amide bonds. The third-order valence-corrected chi connectivity index (χ3v) is 5.58. The molecule has 0 aliphatic carbocycles. The highest BCUT2D eigenvalue weighted by Gasteiger charge is 2.20. The number of thiazole rings is 1. The topological polar surface area (TPSA) is 88.1 Å². The maximum Gasteiger partial charge on any atom is 0.165 e. The van der Waals surface area contributed by atoms with Crippen LogP contribution in [0.3, 0.4) is 0 Å². The van der Waals surface area contributed by atoms with Crippen molar-refractivity contribution in [3.05, 3.63) is 52.4 Å². The Hall–Kier alpha value is -3.10. The second-order valence-corrected chi connectivity index (χ2v) is 7.56. The minimum Gasteiger partial charge on any atom is -0.495 e. The van der Waals surface area contributed by atoms with E-state index in [0.717, 1.165) is 11.3 Å². The molecule has 4 aromatic rings. The largest absolute Gasteiger partial charge is 0.495 e. The molecule has 2 aromatic heterocycles. The van der Waals surface area contributed by atoms with Gasteiger partial charge in [-0.05, 0) is 13.0 Å². The van der Waals surface area contributed by atoms with Gasteiger partial charge in [-0.2, -0.15) is 4.68 Å². The molecular weight excluding hydrogens is 410 g/mol. The van der Waals surface area contributed by atoms with Crippen molar-refractivity contribution in [3.8, 4) is 39.1 Å². The molecule has 0 spiro atoms. The van der Waals surface area contributed by atoms with Gasteiger partial charge >= 0.3 is 0 Å². The molecule has 0 fully saturated rings. The SMILES string of the molecule is COc1cc(OC)c(-n2nnc(-c3nc(-c4ccc(C)cc4)cs3)c2N)cc1Cl. The number of nitrogens with zero attached hydrogens (tertiary/aromatic N) is 4. The van der Waals surface area contributed by atoms with Crippen LogP contribution in [-0.2, 0) is 0 Å². The highest BCUT2D eigenvalue weighted by Crippen LogP contribution is 2.37. The molecule has 2 heterocycles. The summed E-state index contributed by atoms with van der Waals surface area (Å²) in [6.45, 7) is 2.05. The Balaban J connectivity index is 1.73. The summed E-state index contributed by atoms with van der Waals surface area (Å²) in [5, 5.41) is 11.5. The number of hydrogen-bond donors (Lipinski definition) is 1. The van der Waals surface area contributed by atoms with E-state index in [-0.39, 0.29) is 0 Å². The monoisotopic (exact) mass is 427 g/mol. The smallest absolute Gasteiger partial charge is 0.165 e. The Morgan fingerprint density at radius 1 is 1.07 bits per heavy atom. The third-order valence-electron chi connectivity index (χ3n) is 4.44. The molecule has 2 aromatic carbocycles. The number of ether oxygens (including phenoxy) is 2. The number of methoxy groups -OCH3 is 2. The molecule has 0 bridgehead atoms. The summed E-state index contributed by atoms with van der Waals surface area (Å²) in [6.07, 6.45) is 0. The lowest BCUT2D eigenvalue weighted by Gasteiger charge is -2.12. The molecule has 29 heavy (non-hydrogen) atoms. The zero-order chi connectivity index (χ0) is 20.5. The summed E-state index contributed by atoms with van der Waals surface area (Å²) in [7, 11) is 3.09. The Bertz CT molecular complexity index is 1170. The van der Waals surface area contributed by atoms with Crippen molar-refractivity contribution in [2.75, 3.05) is 20.0 Å². The average Bonchev–Trinajstić information content (AvgIpc) is 3.35. The molecule has 0 atom stereocenters. The van der Waals surface area contributed by atoms with E-state index in [1.54, 1.807) is 19.2 Å². The molecule has 7 nitrogen and oxygen atoms in total. The zero-order valence-electron chi connectivity index (χ0n) is 16.0. The van der Waals surface area contributed by atoms with Crippen molar-refractivity contribution in [3.63, 3.8) is 0 Å². The molecule has 9 heteroatoms. The second-order valence-electron chi connectivity index (χ2n) is 6.30. The number of nitrogens with two attached hydrogens (primary N) is 1. The highest BCUT2D eigenvalue weighted by molar-refractivity contribution is 7.13. The van der Waals surface area contributed by atoms with E-state index in [9.17, 15) is 0 Å². The van der Waals surface area contributed by atoms with Crippen LogP contribution >= 0.6 is 22.9 Å². The van der Waals surface area contributed by atoms with Crippen molar-refractivity contribution in [2.45, 2.75) is 6.92 Å². The van der Waals surface area contributed by atoms with E-state index in [0.29, 0.717) is 38.7 Å². The number of rotatable bonds is 5. The summed E-state index contributed by atoms with van der Waals surface area (Å²) in [6, 6.07) is 11.5. The zero-order valence-corrected chi connectivity index (χ0v) is 17.6. The molecule has 148 valence electrons. The van der Waals surface area contributed by atoms with Crippen LogP contribution in [0.2, 0.25) is 5.02 Å². The van der Waals surface area contributed by atoms with Gasteiger partial charge < -0.3 is 15.2 Å². The number of halogens is 1. The Morgan fingerprint density at radius 3 is 2.48 bits per heavy atom. The lowest BCUT2D eigenvalue weighted by molar-refractivity contribution is 0.392. The van der Waals surface area contributed by atoms with Gasteiger partial charge in [-0.1, -0.05) is 46.6 Å². The number of nitrogen functional groups attached to an aromatic ring is 1. The first-order chi connectivity index (χ1) is 14.0. The van der Waals surface area contributed by atoms with Crippen LogP contribution in [0.1, 0.15) is 5.56 Å². The average molecular weight is 428 g/mol. The number of aryl methyl sites for hydroxylation is 1. The van der Waals surface area contributed by atoms with E-state index < -0.39 is 0 Å². The minimum absolute atomic E-state index is 0.342. The third kappa shape index (κ3) is 3.52. The fourth-order valence-corrected chi connectivity index (χ4v) is 3.92. The molecule has 0 saturated heterocycles. The fourth-order valence-electron chi connectivity index (χ4n) is 2.87. The standard InChI is InChI=1S/C20H18ClN5O2S/c1-11-4-6-12(7-5-11)14-10-29-20(23-14)18-19(22)26(25-24-18)15-8-13(21)16(27-2)9-17(15)28-3/h4-10H,22H2,1-3H3. The number of hydrogen-bond acceptors (Lipinski definition) is 7. The van der Waals surface area contributed by atoms with Crippen LogP contribution in [0.4, 0.5) is 5.82 Å². The molecule has 0 aliphatic heterocycles. The van der Waals surface area contributed by atoms with Crippen LogP contribution in [0.5, 0.6) is 11.5 Å². The van der Waals surface area contributed by atoms with E-state index in [4.69, 9.17) is 26.8 Å². The summed E-state index contributed by atoms with van der Waals surface area (Å²) < 4.78 is 12.2. The fraction of sp³-hybridized carbons (Fsp3) is 0.150. The molecule has 2 N–H and O–H groups in total. The highest BCUT2D eigenvalue weighted by atomic mass is 35.5. The molecule has 0 aliphatic rings. The maximum absolute atomic E-state index is 6.35. The molecule has 0 radical (unpaired) electrons. The lowest BCUT2D eigenvalue weighted by atomic mass is 10.1. The lowest BCUT2D eigenvalue weighted by Crippen LogP contribution is -2.05. The number of benzene rings is 2. The summed E-state index contributed by atoms with van der Waals surface area (Å²) >= 11 is 7.73. The normalized spacial score (nSPS) is 10.9. The van der Waals surface area contributed by atoms with Gasteiger partial charge in [-0.15, -0.1) is 16.4 Å². The predicted octanol–water partition coefficient (Wildman–Crippen LogP) is 4.62. The first-order valence-corrected chi connectivity index (χ1v) is 9.93. The van der Waals surface area contributed by atoms with Crippen LogP contribution in [-0.4, -0.2) is 34.2 Å². The van der Waals surface area contributed by atoms with E-state index in [1.165, 1.54) is 28.7 Å². The van der Waals surface area contributed by atoms with E-state index in [2.05, 4.69) is 34.4 Å². The molecule has 0 saturated carbocycles. The molecular formula is C20H18ClN5O2S. The van der Waals surface area contributed by atoms with E-state index >= 15 is 0 Å². The first kappa shape index (κ1) is 19.2. The van der Waals surface area contributed by atoms with Gasteiger partial charge in [0, 0.05) is 17.0 Å². The van der Waals surface area contributed by atoms with Gasteiger partial charge in [0.2, 0.25) is 0 Å². The summed E-state index contributed by atoms with van der Waals surface area (Å²) in [4.78, 5) is 4.68. The Morgan fingerprint density at radius 2 is 1.79 bits per heavy atom. The van der Waals surface area contributed by atoms with Crippen LogP contribution in [0.15, 0.2) is 41.8 Å². The minimum atomic E-state index is 0.342. The van der Waals surface area contributed by atoms with Crippen molar-refractivity contribution in [2.24, 2.45) is 0 Å². The van der Waals surface area contributed by atoms with Crippen LogP contribution < -0.4 is 15.2 Å². The van der Waals surface area contributed by atoms with Crippen molar-refractivity contribution in [1.82, 2.24) is 20.0 Å². The second kappa shape index (κ2) is 7.73. The van der Waals surface area contributed by atoms with Crippen molar-refractivity contribution < 1.29 is 9.47 Å². The molecule has 4 rings (SSSR count). The number of anilines is 1. The van der Waals surface area contributed by atoms with Crippen molar-refractivity contribution >= 4 is 28.8 Å². The van der Waals surface area contributed by atoms with Gasteiger partial charge in [0.25, 0.3) is 0 Å². The van der Waals surface area contributed by atoms with Gasteiger partial charge in [-0.25, -0.2) is 4.98 Å². The Labute approximate surface area is 176 Å². The first-order valence-electron chi connectivity index (χ1n) is 8.68. The summed E-state index contributed by atoms with van der Waals surface area (Å²) in [5.41, 5.74) is 10.5. The van der Waals surface area contributed by atoms with Crippen LogP contribution in [0, 0.1) is 6.92 Å². The van der Waals surface area contributed by atoms with Gasteiger partial charge in [0.1, 0.15) is 22.2 Å². The van der Waals surface area contributed by atoms with Gasteiger partial charge in [-0.3, -0.25) is 0 Å². The van der Waals surface area contributed by atoms with E-state index in [1.807, 2.05) is 17.5 Å². The quantitative estimate of drug-likeness (QED) is 0.500. The molecule has 0 unspecified atom stereocenters. The number of aromatic nitrogens is 4.